The van der Waals surface area contributed by atoms with Gasteiger partial charge < -0.3 is 4.57 Å². The molecule has 0 saturated carbocycles. The van der Waals surface area contributed by atoms with Gasteiger partial charge in [0.25, 0.3) is 0 Å². The predicted molar refractivity (Wildman–Crippen MR) is 67.1 cm³/mol. The van der Waals surface area contributed by atoms with Gasteiger partial charge in [0.15, 0.2) is 0 Å². The van der Waals surface area contributed by atoms with Crippen LogP contribution in [0, 0.1) is 13.8 Å². The zero-order chi connectivity index (χ0) is 11.2. The molecular weight excluding hydrogens is 182 g/mol. The third-order valence-corrected chi connectivity index (χ3v) is 3.20. The van der Waals surface area contributed by atoms with E-state index >= 15 is 0 Å². The van der Waals surface area contributed by atoms with Gasteiger partial charge in [-0.1, -0.05) is 12.6 Å². The van der Waals surface area contributed by atoms with Crippen molar-refractivity contribution in [2.45, 2.75) is 20.8 Å². The maximum atomic E-state index is 4.01. The average molecular weight is 199 g/mol. The summed E-state index contributed by atoms with van der Waals surface area (Å²) < 4.78 is 2.21. The van der Waals surface area contributed by atoms with Crippen molar-refractivity contribution >= 4 is 16.5 Å². The molecule has 0 saturated heterocycles. The summed E-state index contributed by atoms with van der Waals surface area (Å²) in [6.45, 7) is 10.4. The van der Waals surface area contributed by atoms with Crippen molar-refractivity contribution in [2.24, 2.45) is 7.05 Å². The fraction of sp³-hybridized carbons (Fsp3) is 0.286. The van der Waals surface area contributed by atoms with Gasteiger partial charge in [-0.05, 0) is 49.6 Å². The number of allylic oxidation sites excluding steroid dienone is 1. The normalized spacial score (nSPS) is 10.9. The Bertz CT molecular complexity index is 544. The standard InChI is InChI=1S/C14H17N/c1-9(2)14-8-12-11(4)10(3)6-7-13(12)15(14)5/h6-8H,1H2,2-5H3. The number of aryl methyl sites for hydroxylation is 3. The highest BCUT2D eigenvalue weighted by Crippen LogP contribution is 2.27. The van der Waals surface area contributed by atoms with E-state index < -0.39 is 0 Å². The second-order valence-electron chi connectivity index (χ2n) is 4.31. The molecule has 0 N–H and O–H groups in total. The van der Waals surface area contributed by atoms with Crippen molar-refractivity contribution in [3.63, 3.8) is 0 Å². The summed E-state index contributed by atoms with van der Waals surface area (Å²) >= 11 is 0. The minimum atomic E-state index is 1.12. The predicted octanol–water partition coefficient (Wildman–Crippen LogP) is 3.83. The molecule has 0 atom stereocenters. The van der Waals surface area contributed by atoms with E-state index in [-0.39, 0.29) is 0 Å². The molecule has 0 amide bonds. The molecule has 0 radical (unpaired) electrons. The third kappa shape index (κ3) is 1.39. The van der Waals surface area contributed by atoms with Crippen LogP contribution >= 0.6 is 0 Å². The lowest BCUT2D eigenvalue weighted by Crippen LogP contribution is -1.92. The first-order valence-corrected chi connectivity index (χ1v) is 5.24. The van der Waals surface area contributed by atoms with Crippen LogP contribution in [0.2, 0.25) is 0 Å². The minimum absolute atomic E-state index is 1.12. The number of aromatic nitrogens is 1. The molecule has 2 aromatic rings. The first kappa shape index (κ1) is 10.0. The van der Waals surface area contributed by atoms with E-state index in [1.807, 2.05) is 0 Å². The largest absolute Gasteiger partial charge is 0.344 e. The van der Waals surface area contributed by atoms with Gasteiger partial charge in [0.2, 0.25) is 0 Å². The Morgan fingerprint density at radius 3 is 2.53 bits per heavy atom. The molecule has 0 aliphatic carbocycles. The summed E-state index contributed by atoms with van der Waals surface area (Å²) in [7, 11) is 2.10. The van der Waals surface area contributed by atoms with Crippen LogP contribution < -0.4 is 0 Å². The van der Waals surface area contributed by atoms with Crippen molar-refractivity contribution in [3.8, 4) is 0 Å². The van der Waals surface area contributed by atoms with E-state index in [9.17, 15) is 0 Å². The van der Waals surface area contributed by atoms with E-state index in [0.29, 0.717) is 0 Å². The fourth-order valence-corrected chi connectivity index (χ4v) is 2.07. The van der Waals surface area contributed by atoms with E-state index in [4.69, 9.17) is 0 Å². The molecule has 1 aromatic heterocycles. The Morgan fingerprint density at radius 1 is 1.27 bits per heavy atom. The highest BCUT2D eigenvalue weighted by Gasteiger charge is 2.08. The van der Waals surface area contributed by atoms with Crippen LogP contribution in [0.3, 0.4) is 0 Å². The van der Waals surface area contributed by atoms with Crippen LogP contribution in [0.5, 0.6) is 0 Å². The van der Waals surface area contributed by atoms with Gasteiger partial charge in [-0.3, -0.25) is 0 Å². The van der Waals surface area contributed by atoms with Crippen molar-refractivity contribution in [2.75, 3.05) is 0 Å². The Labute approximate surface area is 91.0 Å². The molecule has 0 unspecified atom stereocenters. The fourth-order valence-electron chi connectivity index (χ4n) is 2.07. The molecule has 0 aliphatic rings. The Kier molecular flexibility index (Phi) is 2.18. The molecule has 1 aromatic carbocycles. The second kappa shape index (κ2) is 3.27. The topological polar surface area (TPSA) is 4.93 Å². The third-order valence-electron chi connectivity index (χ3n) is 3.20. The molecule has 1 heterocycles. The molecule has 78 valence electrons. The molecule has 2 rings (SSSR count). The molecule has 0 bridgehead atoms. The van der Waals surface area contributed by atoms with Crippen LogP contribution in [0.4, 0.5) is 0 Å². The highest BCUT2D eigenvalue weighted by atomic mass is 14.9. The molecule has 15 heavy (non-hydrogen) atoms. The zero-order valence-corrected chi connectivity index (χ0v) is 9.89. The van der Waals surface area contributed by atoms with Crippen molar-refractivity contribution in [1.82, 2.24) is 4.57 Å². The van der Waals surface area contributed by atoms with Crippen molar-refractivity contribution < 1.29 is 0 Å². The first-order valence-electron chi connectivity index (χ1n) is 5.24. The summed E-state index contributed by atoms with van der Waals surface area (Å²) in [6, 6.07) is 6.60. The number of rotatable bonds is 1. The van der Waals surface area contributed by atoms with E-state index in [1.54, 1.807) is 0 Å². The van der Waals surface area contributed by atoms with E-state index in [2.05, 4.69) is 57.2 Å². The SMILES string of the molecule is C=C(C)c1cc2c(C)c(C)ccc2n1C. The van der Waals surface area contributed by atoms with Crippen LogP contribution in [-0.2, 0) is 7.05 Å². The minimum Gasteiger partial charge on any atom is -0.344 e. The van der Waals surface area contributed by atoms with Gasteiger partial charge in [0.05, 0.1) is 0 Å². The van der Waals surface area contributed by atoms with Crippen LogP contribution in [0.15, 0.2) is 24.8 Å². The summed E-state index contributed by atoms with van der Waals surface area (Å²) in [5.74, 6) is 0. The lowest BCUT2D eigenvalue weighted by Gasteiger charge is -2.04. The van der Waals surface area contributed by atoms with E-state index in [0.717, 1.165) is 5.57 Å². The highest BCUT2D eigenvalue weighted by molar-refractivity contribution is 5.88. The summed E-state index contributed by atoms with van der Waals surface area (Å²) in [4.78, 5) is 0. The zero-order valence-electron chi connectivity index (χ0n) is 9.89. The first-order chi connectivity index (χ1) is 7.02. The Hall–Kier alpha value is -1.50. The molecular formula is C14H17N. The quantitative estimate of drug-likeness (QED) is 0.658. The lowest BCUT2D eigenvalue weighted by atomic mass is 10.1. The molecule has 0 fully saturated rings. The molecule has 0 aliphatic heterocycles. The summed E-state index contributed by atoms with van der Waals surface area (Å²) in [5.41, 5.74) is 6.34. The van der Waals surface area contributed by atoms with Crippen LogP contribution in [0.25, 0.3) is 16.5 Å². The molecule has 0 spiro atoms. The molecule has 1 heteroatoms. The van der Waals surface area contributed by atoms with Gasteiger partial charge in [-0.2, -0.15) is 0 Å². The van der Waals surface area contributed by atoms with E-state index in [1.165, 1.54) is 27.7 Å². The summed E-state index contributed by atoms with van der Waals surface area (Å²) in [5, 5.41) is 1.34. The Balaban J connectivity index is 2.88. The van der Waals surface area contributed by atoms with Gasteiger partial charge in [0.1, 0.15) is 0 Å². The average Bonchev–Trinajstić information content (AvgIpc) is 2.51. The number of benzene rings is 1. The number of nitrogens with zero attached hydrogens (tertiary/aromatic N) is 1. The smallest absolute Gasteiger partial charge is 0.0485 e. The number of hydrogen-bond donors (Lipinski definition) is 0. The number of hydrogen-bond acceptors (Lipinski definition) is 0. The second-order valence-corrected chi connectivity index (χ2v) is 4.31. The van der Waals surface area contributed by atoms with Crippen LogP contribution in [0.1, 0.15) is 23.7 Å². The van der Waals surface area contributed by atoms with Gasteiger partial charge >= 0.3 is 0 Å². The summed E-state index contributed by atoms with van der Waals surface area (Å²) in [6.07, 6.45) is 0. The van der Waals surface area contributed by atoms with Gasteiger partial charge in [0, 0.05) is 23.6 Å². The van der Waals surface area contributed by atoms with Crippen LogP contribution in [-0.4, -0.2) is 4.57 Å². The number of fused-ring (bicyclic) bond motifs is 1. The maximum Gasteiger partial charge on any atom is 0.0485 e. The van der Waals surface area contributed by atoms with Crippen molar-refractivity contribution in [1.29, 1.82) is 0 Å². The monoisotopic (exact) mass is 199 g/mol. The van der Waals surface area contributed by atoms with Gasteiger partial charge in [-0.15, -0.1) is 0 Å². The lowest BCUT2D eigenvalue weighted by molar-refractivity contribution is 0.947. The van der Waals surface area contributed by atoms with Crippen molar-refractivity contribution in [3.05, 3.63) is 41.6 Å². The van der Waals surface area contributed by atoms with Gasteiger partial charge in [-0.25, -0.2) is 0 Å². The molecule has 1 nitrogen and oxygen atoms in total. The Morgan fingerprint density at radius 2 is 1.93 bits per heavy atom. The maximum absolute atomic E-state index is 4.01.